The molecule has 252 valence electrons. The van der Waals surface area contributed by atoms with E-state index < -0.39 is 53.0 Å². The number of aliphatic hydroxyl groups is 1. The van der Waals surface area contributed by atoms with E-state index in [-0.39, 0.29) is 50.0 Å². The number of hydrogen-bond acceptors (Lipinski definition) is 7. The molecule has 2 bridgehead atoms. The normalized spacial score (nSPS) is 26.0. The summed E-state index contributed by atoms with van der Waals surface area (Å²) in [6, 6.07) is 7.57. The first-order valence-corrected chi connectivity index (χ1v) is 16.3. The number of benzene rings is 1. The van der Waals surface area contributed by atoms with E-state index >= 15 is 0 Å². The van der Waals surface area contributed by atoms with Crippen molar-refractivity contribution < 1.29 is 33.8 Å². The molecule has 10 nitrogen and oxygen atoms in total. The Morgan fingerprint density at radius 1 is 1.17 bits per heavy atom. The van der Waals surface area contributed by atoms with E-state index in [1.165, 1.54) is 4.90 Å². The van der Waals surface area contributed by atoms with Gasteiger partial charge in [0.15, 0.2) is 0 Å². The number of carbonyl (C=O) groups is 4. The minimum atomic E-state index is -1.20. The molecular weight excluding hydrogens is 586 g/mol. The number of amides is 3. The first-order valence-electron chi connectivity index (χ1n) is 16.3. The lowest BCUT2D eigenvalue weighted by Gasteiger charge is -2.45. The molecule has 3 aliphatic rings. The fourth-order valence-corrected chi connectivity index (χ4v) is 8.03. The Hall–Kier alpha value is -3.50. The average Bonchev–Trinajstić information content (AvgIpc) is 3.63. The quantitative estimate of drug-likeness (QED) is 0.220. The SMILES string of the molecule is C=CCCC(=O)OC[C@@H](NC(=O)[C@@H]1[C@H]2C(=O)N(CCO)[C@H](C(=O)N(CC=C)C(C)(C)CC(C)(C)C)[C@]23CC[C@H]1O3)c1ccccc1. The van der Waals surface area contributed by atoms with Crippen LogP contribution in [0.2, 0.25) is 0 Å². The molecule has 3 aliphatic heterocycles. The molecule has 0 aromatic heterocycles. The standard InChI is InChI=1S/C36H51N3O7/c1-8-10-16-27(41)45-22-25(24-14-12-11-13-15-24)37-31(42)28-26-17-18-36(46-26)29(28)32(43)38(20-21-40)30(36)33(44)39(19-9-2)35(6,7)23-34(3,4)5/h8-9,11-15,25-26,28-30,40H,1-2,10,16-23H2,3-7H3,(H,37,42)/t25-,26-,28+,29+,30-,36+/m1/s1. The van der Waals surface area contributed by atoms with Gasteiger partial charge in [0.2, 0.25) is 17.7 Å². The number of β-amino-alcohol motifs (C(OH)–C–C–N with tert-alkyl or cyclic N) is 1. The Bertz CT molecular complexity index is 1310. The second-order valence-electron chi connectivity index (χ2n) is 14.6. The number of rotatable bonds is 15. The van der Waals surface area contributed by atoms with Crippen molar-refractivity contribution in [1.29, 1.82) is 0 Å². The fourth-order valence-electron chi connectivity index (χ4n) is 8.03. The number of nitrogens with zero attached hydrogens (tertiary/aromatic N) is 2. The third-order valence-electron chi connectivity index (χ3n) is 9.43. The summed E-state index contributed by atoms with van der Waals surface area (Å²) < 4.78 is 12.1. The van der Waals surface area contributed by atoms with Crippen molar-refractivity contribution in [3.05, 3.63) is 61.2 Å². The zero-order valence-electron chi connectivity index (χ0n) is 28.0. The van der Waals surface area contributed by atoms with Gasteiger partial charge in [-0.25, -0.2) is 0 Å². The van der Waals surface area contributed by atoms with Gasteiger partial charge in [-0.05, 0) is 50.5 Å². The summed E-state index contributed by atoms with van der Waals surface area (Å²) in [5, 5.41) is 13.0. The molecule has 1 aromatic rings. The maximum atomic E-state index is 14.7. The van der Waals surface area contributed by atoms with Gasteiger partial charge in [0.05, 0.1) is 30.6 Å². The molecule has 0 saturated carbocycles. The monoisotopic (exact) mass is 637 g/mol. The van der Waals surface area contributed by atoms with Crippen molar-refractivity contribution in [1.82, 2.24) is 15.1 Å². The molecule has 3 amide bonds. The van der Waals surface area contributed by atoms with E-state index in [4.69, 9.17) is 9.47 Å². The molecule has 0 unspecified atom stereocenters. The smallest absolute Gasteiger partial charge is 0.306 e. The van der Waals surface area contributed by atoms with Crippen LogP contribution in [0.1, 0.15) is 78.3 Å². The highest BCUT2D eigenvalue weighted by Crippen LogP contribution is 2.59. The molecular formula is C36H51N3O7. The van der Waals surface area contributed by atoms with Crippen LogP contribution in [0.4, 0.5) is 0 Å². The molecule has 6 atom stereocenters. The Labute approximate surface area is 273 Å². The van der Waals surface area contributed by atoms with Gasteiger partial charge in [0.25, 0.3) is 0 Å². The van der Waals surface area contributed by atoms with Gasteiger partial charge < -0.3 is 29.7 Å². The van der Waals surface area contributed by atoms with Crippen LogP contribution in [-0.2, 0) is 28.7 Å². The number of esters is 1. The van der Waals surface area contributed by atoms with Gasteiger partial charge in [-0.2, -0.15) is 0 Å². The first-order chi connectivity index (χ1) is 21.7. The van der Waals surface area contributed by atoms with Crippen LogP contribution in [0.25, 0.3) is 0 Å². The number of allylic oxidation sites excluding steroid dienone is 1. The number of carbonyl (C=O) groups excluding carboxylic acids is 4. The van der Waals surface area contributed by atoms with E-state index in [0.29, 0.717) is 25.7 Å². The highest BCUT2D eigenvalue weighted by Gasteiger charge is 2.74. The second kappa shape index (κ2) is 14.1. The average molecular weight is 638 g/mol. The van der Waals surface area contributed by atoms with Crippen LogP contribution in [0.5, 0.6) is 0 Å². The molecule has 3 fully saturated rings. The molecule has 46 heavy (non-hydrogen) atoms. The zero-order chi connectivity index (χ0) is 33.9. The van der Waals surface area contributed by atoms with Crippen molar-refractivity contribution >= 4 is 23.7 Å². The van der Waals surface area contributed by atoms with Gasteiger partial charge in [0.1, 0.15) is 18.2 Å². The fraction of sp³-hybridized carbons (Fsp3) is 0.611. The third-order valence-corrected chi connectivity index (χ3v) is 9.43. The van der Waals surface area contributed by atoms with Crippen molar-refractivity contribution in [3.63, 3.8) is 0 Å². The predicted molar refractivity (Wildman–Crippen MR) is 174 cm³/mol. The highest BCUT2D eigenvalue weighted by atomic mass is 16.5. The van der Waals surface area contributed by atoms with Crippen molar-refractivity contribution in [3.8, 4) is 0 Å². The summed E-state index contributed by atoms with van der Waals surface area (Å²) in [4.78, 5) is 58.5. The zero-order valence-corrected chi connectivity index (χ0v) is 28.0. The molecule has 3 saturated heterocycles. The van der Waals surface area contributed by atoms with Gasteiger partial charge in [0, 0.05) is 25.0 Å². The Morgan fingerprint density at radius 3 is 2.48 bits per heavy atom. The summed E-state index contributed by atoms with van der Waals surface area (Å²) in [5.74, 6) is -3.17. The number of hydrogen-bond donors (Lipinski definition) is 2. The molecule has 2 N–H and O–H groups in total. The summed E-state index contributed by atoms with van der Waals surface area (Å²) in [7, 11) is 0. The molecule has 0 radical (unpaired) electrons. The largest absolute Gasteiger partial charge is 0.463 e. The predicted octanol–water partition coefficient (Wildman–Crippen LogP) is 3.95. The Kier molecular flexibility index (Phi) is 10.8. The van der Waals surface area contributed by atoms with Gasteiger partial charge in [-0.3, -0.25) is 19.2 Å². The van der Waals surface area contributed by atoms with E-state index in [9.17, 15) is 24.3 Å². The van der Waals surface area contributed by atoms with Gasteiger partial charge in [-0.15, -0.1) is 13.2 Å². The van der Waals surface area contributed by atoms with Gasteiger partial charge >= 0.3 is 5.97 Å². The van der Waals surface area contributed by atoms with E-state index in [2.05, 4.69) is 39.2 Å². The van der Waals surface area contributed by atoms with E-state index in [1.807, 2.05) is 44.2 Å². The van der Waals surface area contributed by atoms with Gasteiger partial charge in [-0.1, -0.05) is 63.3 Å². The maximum absolute atomic E-state index is 14.7. The minimum absolute atomic E-state index is 0.0508. The minimum Gasteiger partial charge on any atom is -0.463 e. The molecule has 10 heteroatoms. The Balaban J connectivity index is 1.64. The number of nitrogens with one attached hydrogen (secondary N) is 1. The summed E-state index contributed by atoms with van der Waals surface area (Å²) in [5.41, 5.74) is -1.11. The Morgan fingerprint density at radius 2 is 1.87 bits per heavy atom. The lowest BCUT2D eigenvalue weighted by Crippen LogP contribution is -2.61. The van der Waals surface area contributed by atoms with Crippen LogP contribution in [-0.4, -0.2) is 88.2 Å². The molecule has 1 aromatic carbocycles. The van der Waals surface area contributed by atoms with Crippen LogP contribution in [0, 0.1) is 17.3 Å². The summed E-state index contributed by atoms with van der Waals surface area (Å²) >= 11 is 0. The van der Waals surface area contributed by atoms with E-state index in [1.54, 1.807) is 17.1 Å². The van der Waals surface area contributed by atoms with Crippen LogP contribution in [0.3, 0.4) is 0 Å². The number of likely N-dealkylation sites (tertiary alicyclic amines) is 1. The van der Waals surface area contributed by atoms with Crippen molar-refractivity contribution in [2.45, 2.75) is 96.1 Å². The van der Waals surface area contributed by atoms with Crippen LogP contribution in [0.15, 0.2) is 55.6 Å². The summed E-state index contributed by atoms with van der Waals surface area (Å²) in [6.45, 7) is 17.7. The molecule has 4 rings (SSSR count). The molecule has 3 heterocycles. The third kappa shape index (κ3) is 7.08. The van der Waals surface area contributed by atoms with Crippen molar-refractivity contribution in [2.75, 3.05) is 26.3 Å². The topological polar surface area (TPSA) is 125 Å². The molecule has 1 spiro atoms. The van der Waals surface area contributed by atoms with Crippen molar-refractivity contribution in [2.24, 2.45) is 17.3 Å². The number of ether oxygens (including phenoxy) is 2. The lowest BCUT2D eigenvalue weighted by atomic mass is 9.70. The first kappa shape index (κ1) is 35.4. The van der Waals surface area contributed by atoms with Crippen LogP contribution < -0.4 is 5.32 Å². The number of fused-ring (bicyclic) bond motifs is 1. The highest BCUT2D eigenvalue weighted by molar-refractivity contribution is 5.99. The second-order valence-corrected chi connectivity index (χ2v) is 14.6. The van der Waals surface area contributed by atoms with E-state index in [0.717, 1.165) is 5.56 Å². The summed E-state index contributed by atoms with van der Waals surface area (Å²) in [6.07, 6.45) is 5.09. The molecule has 0 aliphatic carbocycles. The number of aliphatic hydroxyl groups excluding tert-OH is 1. The maximum Gasteiger partial charge on any atom is 0.306 e. The van der Waals surface area contributed by atoms with Crippen LogP contribution >= 0.6 is 0 Å². The lowest BCUT2D eigenvalue weighted by molar-refractivity contribution is -0.153.